The number of rotatable bonds is 6. The number of ether oxygens (including phenoxy) is 1. The number of methoxy groups -OCH3 is 1. The first-order chi connectivity index (χ1) is 11.7. The minimum atomic E-state index is -0.136. The number of hydrogen-bond donors (Lipinski definition) is 1. The Balaban J connectivity index is 1.76. The molecule has 1 aliphatic heterocycles. The molecule has 5 nitrogen and oxygen atoms in total. The van der Waals surface area contributed by atoms with Crippen molar-refractivity contribution in [1.82, 2.24) is 10.2 Å². The van der Waals surface area contributed by atoms with Gasteiger partial charge in [-0.1, -0.05) is 18.2 Å². The van der Waals surface area contributed by atoms with Gasteiger partial charge < -0.3 is 14.5 Å². The van der Waals surface area contributed by atoms with Crippen molar-refractivity contribution in [3.05, 3.63) is 52.4 Å². The van der Waals surface area contributed by atoms with Crippen molar-refractivity contribution in [3.8, 4) is 5.75 Å². The van der Waals surface area contributed by atoms with Crippen LogP contribution >= 0.6 is 15.9 Å². The predicted octanol–water partition coefficient (Wildman–Crippen LogP) is 3.62. The molecule has 6 heteroatoms. The van der Waals surface area contributed by atoms with Gasteiger partial charge in [0, 0.05) is 18.2 Å². The molecule has 0 bridgehead atoms. The third-order valence-corrected chi connectivity index (χ3v) is 4.78. The van der Waals surface area contributed by atoms with Crippen LogP contribution in [0.3, 0.4) is 0 Å². The Morgan fingerprint density at radius 2 is 2.12 bits per heavy atom. The highest BCUT2D eigenvalue weighted by molar-refractivity contribution is 9.10. The van der Waals surface area contributed by atoms with E-state index in [4.69, 9.17) is 9.15 Å². The lowest BCUT2D eigenvalue weighted by Crippen LogP contribution is -2.36. The molecule has 2 aromatic rings. The van der Waals surface area contributed by atoms with Gasteiger partial charge in [0.1, 0.15) is 12.0 Å². The maximum Gasteiger partial charge on any atom is 0.254 e. The maximum atomic E-state index is 12.3. The summed E-state index contributed by atoms with van der Waals surface area (Å²) in [7, 11) is 1.68. The quantitative estimate of drug-likeness (QED) is 0.815. The SMILES string of the molecule is COc1ccccc1[C@@H](CNC(=O)c1coc(Br)c1)N1CCCC1. The summed E-state index contributed by atoms with van der Waals surface area (Å²) in [5.41, 5.74) is 1.62. The first-order valence-corrected chi connectivity index (χ1v) is 8.87. The molecule has 1 fully saturated rings. The number of hydrogen-bond acceptors (Lipinski definition) is 4. The normalized spacial score (nSPS) is 16.1. The van der Waals surface area contributed by atoms with Crippen LogP contribution in [0, 0.1) is 0 Å². The van der Waals surface area contributed by atoms with Gasteiger partial charge in [-0.05, 0) is 47.9 Å². The highest BCUT2D eigenvalue weighted by Crippen LogP contribution is 2.31. The van der Waals surface area contributed by atoms with Gasteiger partial charge in [0.15, 0.2) is 4.67 Å². The number of carbonyl (C=O) groups excluding carboxylic acids is 1. The van der Waals surface area contributed by atoms with Gasteiger partial charge in [-0.2, -0.15) is 0 Å². The third kappa shape index (κ3) is 3.82. The summed E-state index contributed by atoms with van der Waals surface area (Å²) >= 11 is 3.22. The van der Waals surface area contributed by atoms with Crippen molar-refractivity contribution in [2.45, 2.75) is 18.9 Å². The van der Waals surface area contributed by atoms with E-state index in [0.29, 0.717) is 16.8 Å². The molecule has 3 rings (SSSR count). The topological polar surface area (TPSA) is 54.7 Å². The molecule has 128 valence electrons. The second kappa shape index (κ2) is 7.85. The van der Waals surface area contributed by atoms with Crippen LogP contribution in [-0.4, -0.2) is 37.6 Å². The number of likely N-dealkylation sites (tertiary alicyclic amines) is 1. The Hall–Kier alpha value is -1.79. The third-order valence-electron chi connectivity index (χ3n) is 4.36. The van der Waals surface area contributed by atoms with Crippen molar-refractivity contribution in [3.63, 3.8) is 0 Å². The van der Waals surface area contributed by atoms with Gasteiger partial charge in [0.25, 0.3) is 5.91 Å². The van der Waals surface area contributed by atoms with Gasteiger partial charge in [0.2, 0.25) is 0 Å². The number of carbonyl (C=O) groups is 1. The zero-order valence-corrected chi connectivity index (χ0v) is 15.2. The molecule has 0 aliphatic carbocycles. The van der Waals surface area contributed by atoms with E-state index in [2.05, 4.69) is 32.2 Å². The minimum Gasteiger partial charge on any atom is -0.496 e. The molecule has 1 aliphatic rings. The van der Waals surface area contributed by atoms with E-state index in [0.717, 1.165) is 24.4 Å². The number of nitrogens with one attached hydrogen (secondary N) is 1. The van der Waals surface area contributed by atoms with E-state index in [9.17, 15) is 4.79 Å². The lowest BCUT2D eigenvalue weighted by Gasteiger charge is -2.29. The fraction of sp³-hybridized carbons (Fsp3) is 0.389. The first-order valence-electron chi connectivity index (χ1n) is 8.08. The van der Waals surface area contributed by atoms with Gasteiger partial charge in [-0.15, -0.1) is 0 Å². The summed E-state index contributed by atoms with van der Waals surface area (Å²) in [6.07, 6.45) is 3.83. The monoisotopic (exact) mass is 392 g/mol. The average molecular weight is 393 g/mol. The fourth-order valence-corrected chi connectivity index (χ4v) is 3.49. The molecule has 2 heterocycles. The summed E-state index contributed by atoms with van der Waals surface area (Å²) < 4.78 is 11.2. The Morgan fingerprint density at radius 3 is 2.79 bits per heavy atom. The molecule has 0 spiro atoms. The smallest absolute Gasteiger partial charge is 0.254 e. The van der Waals surface area contributed by atoms with E-state index in [-0.39, 0.29) is 11.9 Å². The van der Waals surface area contributed by atoms with Crippen LogP contribution in [0.4, 0.5) is 0 Å². The molecule has 1 atom stereocenters. The summed E-state index contributed by atoms with van der Waals surface area (Å²) in [5, 5.41) is 3.02. The van der Waals surface area contributed by atoms with E-state index >= 15 is 0 Å². The number of benzene rings is 1. The number of nitrogens with zero attached hydrogens (tertiary/aromatic N) is 1. The largest absolute Gasteiger partial charge is 0.496 e. The zero-order valence-electron chi connectivity index (χ0n) is 13.6. The van der Waals surface area contributed by atoms with Crippen LogP contribution in [0.2, 0.25) is 0 Å². The molecule has 1 aromatic heterocycles. The molecule has 1 saturated heterocycles. The van der Waals surface area contributed by atoms with Crippen LogP contribution in [0.5, 0.6) is 5.75 Å². The Labute approximate surface area is 150 Å². The van der Waals surface area contributed by atoms with Gasteiger partial charge in [0.05, 0.1) is 18.7 Å². The Morgan fingerprint density at radius 1 is 1.38 bits per heavy atom. The second-order valence-corrected chi connectivity index (χ2v) is 6.63. The van der Waals surface area contributed by atoms with E-state index in [1.54, 1.807) is 13.2 Å². The molecular weight excluding hydrogens is 372 g/mol. The lowest BCUT2D eigenvalue weighted by molar-refractivity contribution is 0.0936. The van der Waals surface area contributed by atoms with Crippen molar-refractivity contribution in [2.24, 2.45) is 0 Å². The minimum absolute atomic E-state index is 0.0999. The lowest BCUT2D eigenvalue weighted by atomic mass is 10.0. The zero-order chi connectivity index (χ0) is 16.9. The number of furan rings is 1. The van der Waals surface area contributed by atoms with Crippen LogP contribution < -0.4 is 10.1 Å². The second-order valence-electron chi connectivity index (χ2n) is 5.85. The van der Waals surface area contributed by atoms with E-state index < -0.39 is 0 Å². The van der Waals surface area contributed by atoms with Crippen molar-refractivity contribution in [1.29, 1.82) is 0 Å². The standard InChI is InChI=1S/C18H21BrN2O3/c1-23-16-7-3-2-6-14(16)15(21-8-4-5-9-21)11-20-18(22)13-10-17(19)24-12-13/h2-3,6-7,10,12,15H,4-5,8-9,11H2,1H3,(H,20,22)/t15-/m1/s1. The maximum absolute atomic E-state index is 12.3. The summed E-state index contributed by atoms with van der Waals surface area (Å²) in [6, 6.07) is 9.78. The van der Waals surface area contributed by atoms with Gasteiger partial charge in [-0.25, -0.2) is 0 Å². The number of halogens is 1. The Kier molecular flexibility index (Phi) is 5.58. The van der Waals surface area contributed by atoms with Gasteiger partial charge in [-0.3, -0.25) is 9.69 Å². The predicted molar refractivity (Wildman–Crippen MR) is 95.3 cm³/mol. The number of para-hydroxylation sites is 1. The average Bonchev–Trinajstić information content (AvgIpc) is 3.27. The molecule has 1 aromatic carbocycles. The fourth-order valence-electron chi connectivity index (χ4n) is 3.15. The highest BCUT2D eigenvalue weighted by Gasteiger charge is 2.26. The molecule has 0 saturated carbocycles. The number of amides is 1. The molecular formula is C18H21BrN2O3. The highest BCUT2D eigenvalue weighted by atomic mass is 79.9. The van der Waals surface area contributed by atoms with E-state index in [1.165, 1.54) is 19.1 Å². The van der Waals surface area contributed by atoms with Crippen LogP contribution in [0.1, 0.15) is 34.8 Å². The van der Waals surface area contributed by atoms with Crippen molar-refractivity contribution >= 4 is 21.8 Å². The first kappa shape index (κ1) is 17.0. The molecule has 0 radical (unpaired) electrons. The molecule has 1 N–H and O–H groups in total. The van der Waals surface area contributed by atoms with Crippen LogP contribution in [0.25, 0.3) is 0 Å². The summed E-state index contributed by atoms with van der Waals surface area (Å²) in [6.45, 7) is 2.60. The van der Waals surface area contributed by atoms with Crippen molar-refractivity contribution in [2.75, 3.05) is 26.7 Å². The van der Waals surface area contributed by atoms with Crippen LogP contribution in [-0.2, 0) is 0 Å². The Bertz CT molecular complexity index is 695. The van der Waals surface area contributed by atoms with E-state index in [1.807, 2.05) is 18.2 Å². The van der Waals surface area contributed by atoms with Crippen LogP contribution in [0.15, 0.2) is 45.7 Å². The molecule has 0 unspecified atom stereocenters. The van der Waals surface area contributed by atoms with Crippen molar-refractivity contribution < 1.29 is 13.9 Å². The molecule has 1 amide bonds. The summed E-state index contributed by atoms with van der Waals surface area (Å²) in [4.78, 5) is 14.7. The molecule has 24 heavy (non-hydrogen) atoms. The van der Waals surface area contributed by atoms with Gasteiger partial charge >= 0.3 is 0 Å². The summed E-state index contributed by atoms with van der Waals surface area (Å²) in [5.74, 6) is 0.721.